The highest BCUT2D eigenvalue weighted by Crippen LogP contribution is 2.25. The Kier molecular flexibility index (Phi) is 4.29. The molecule has 0 spiro atoms. The second-order valence-corrected chi connectivity index (χ2v) is 8.05. The topological polar surface area (TPSA) is 46.2 Å². The molecule has 0 aliphatic carbocycles. The fourth-order valence-electron chi connectivity index (χ4n) is 2.06. The highest BCUT2D eigenvalue weighted by atomic mass is 32.2. The smallest absolute Gasteiger partial charge is 0.261 e. The van der Waals surface area contributed by atoms with Crippen LogP contribution in [0.4, 0.5) is 10.1 Å². The third-order valence-corrected chi connectivity index (χ3v) is 4.78. The minimum atomic E-state index is -3.80. The predicted octanol–water partition coefficient (Wildman–Crippen LogP) is 4.23. The van der Waals surface area contributed by atoms with E-state index in [0.29, 0.717) is 0 Å². The van der Waals surface area contributed by atoms with Crippen LogP contribution in [0, 0.1) is 12.7 Å². The maximum Gasteiger partial charge on any atom is 0.261 e. The second kappa shape index (κ2) is 5.72. The summed E-state index contributed by atoms with van der Waals surface area (Å²) in [4.78, 5) is 0.112. The number of sulfonamides is 1. The number of aryl methyl sites for hydroxylation is 1. The third kappa shape index (κ3) is 3.65. The molecule has 0 heterocycles. The highest BCUT2D eigenvalue weighted by molar-refractivity contribution is 7.92. The van der Waals surface area contributed by atoms with Crippen LogP contribution in [0.5, 0.6) is 0 Å². The lowest BCUT2D eigenvalue weighted by molar-refractivity contribution is 0.587. The van der Waals surface area contributed by atoms with Crippen molar-refractivity contribution >= 4 is 15.7 Å². The highest BCUT2D eigenvalue weighted by Gasteiger charge is 2.18. The van der Waals surface area contributed by atoms with E-state index in [4.69, 9.17) is 0 Å². The van der Waals surface area contributed by atoms with Gasteiger partial charge < -0.3 is 0 Å². The van der Waals surface area contributed by atoms with Gasteiger partial charge in [-0.2, -0.15) is 0 Å². The van der Waals surface area contributed by atoms with Gasteiger partial charge in [0.1, 0.15) is 5.82 Å². The number of nitrogens with one attached hydrogen (secondary N) is 1. The Balaban J connectivity index is 2.33. The summed E-state index contributed by atoms with van der Waals surface area (Å²) in [6.07, 6.45) is 0. The standard InChI is InChI=1S/C17H20FNO2S/c1-12-5-10-15(18)16(11-12)19-22(20,21)14-8-6-13(7-9-14)17(2,3)4/h5-11,19H,1-4H3. The molecule has 0 radical (unpaired) electrons. The van der Waals surface area contributed by atoms with E-state index in [1.54, 1.807) is 25.1 Å². The van der Waals surface area contributed by atoms with Gasteiger partial charge in [-0.15, -0.1) is 0 Å². The van der Waals surface area contributed by atoms with Gasteiger partial charge in [-0.1, -0.05) is 39.0 Å². The fourth-order valence-corrected chi connectivity index (χ4v) is 3.11. The molecule has 2 aromatic carbocycles. The van der Waals surface area contributed by atoms with Crippen LogP contribution in [0.3, 0.4) is 0 Å². The van der Waals surface area contributed by atoms with E-state index >= 15 is 0 Å². The summed E-state index contributed by atoms with van der Waals surface area (Å²) in [5.41, 5.74) is 1.72. The molecule has 0 bridgehead atoms. The van der Waals surface area contributed by atoms with Gasteiger partial charge in [0.15, 0.2) is 0 Å². The average molecular weight is 321 g/mol. The van der Waals surface area contributed by atoms with E-state index in [-0.39, 0.29) is 16.0 Å². The number of anilines is 1. The van der Waals surface area contributed by atoms with Gasteiger partial charge in [-0.05, 0) is 47.7 Å². The molecule has 0 atom stereocenters. The molecule has 22 heavy (non-hydrogen) atoms. The van der Waals surface area contributed by atoms with Crippen molar-refractivity contribution in [3.05, 3.63) is 59.4 Å². The van der Waals surface area contributed by atoms with Crippen LogP contribution in [-0.2, 0) is 15.4 Å². The van der Waals surface area contributed by atoms with Crippen LogP contribution in [0.2, 0.25) is 0 Å². The molecule has 0 unspecified atom stereocenters. The Morgan fingerprint density at radius 3 is 2.14 bits per heavy atom. The molecule has 118 valence electrons. The molecule has 0 aliphatic heterocycles. The summed E-state index contributed by atoms with van der Waals surface area (Å²) in [5, 5.41) is 0. The van der Waals surface area contributed by atoms with E-state index in [0.717, 1.165) is 11.1 Å². The molecule has 5 heteroatoms. The molecule has 2 aromatic rings. The number of hydrogen-bond donors (Lipinski definition) is 1. The molecule has 0 aliphatic rings. The van der Waals surface area contributed by atoms with Crippen molar-refractivity contribution in [2.45, 2.75) is 38.0 Å². The first-order valence-electron chi connectivity index (χ1n) is 6.99. The van der Waals surface area contributed by atoms with Crippen LogP contribution in [0.15, 0.2) is 47.4 Å². The first-order valence-corrected chi connectivity index (χ1v) is 8.47. The number of halogens is 1. The summed E-state index contributed by atoms with van der Waals surface area (Å²) < 4.78 is 40.7. The molecule has 0 saturated heterocycles. The molecule has 2 rings (SSSR count). The zero-order valence-electron chi connectivity index (χ0n) is 13.1. The Labute approximate surface area is 131 Å². The molecule has 0 fully saturated rings. The third-order valence-electron chi connectivity index (χ3n) is 3.40. The van der Waals surface area contributed by atoms with E-state index in [2.05, 4.69) is 25.5 Å². The molecule has 1 N–H and O–H groups in total. The maximum absolute atomic E-state index is 13.7. The summed E-state index contributed by atoms with van der Waals surface area (Å²) in [6, 6.07) is 10.9. The minimum absolute atomic E-state index is 0.0418. The number of rotatable bonds is 3. The van der Waals surface area contributed by atoms with Crippen molar-refractivity contribution in [2.24, 2.45) is 0 Å². The van der Waals surface area contributed by atoms with Gasteiger partial charge in [-0.3, -0.25) is 4.72 Å². The summed E-state index contributed by atoms with van der Waals surface area (Å²) >= 11 is 0. The first kappa shape index (κ1) is 16.5. The summed E-state index contributed by atoms with van der Waals surface area (Å²) in [5.74, 6) is -0.597. The summed E-state index contributed by atoms with van der Waals surface area (Å²) in [6.45, 7) is 7.93. The molecule has 0 saturated carbocycles. The van der Waals surface area contributed by atoms with E-state index < -0.39 is 15.8 Å². The fraction of sp³-hybridized carbons (Fsp3) is 0.294. The zero-order valence-corrected chi connectivity index (χ0v) is 14.0. The van der Waals surface area contributed by atoms with Gasteiger partial charge in [0.2, 0.25) is 0 Å². The lowest BCUT2D eigenvalue weighted by Crippen LogP contribution is -2.15. The Hall–Kier alpha value is -1.88. The van der Waals surface area contributed by atoms with E-state index in [1.807, 2.05) is 0 Å². The summed E-state index contributed by atoms with van der Waals surface area (Å²) in [7, 11) is -3.80. The Morgan fingerprint density at radius 2 is 1.59 bits per heavy atom. The van der Waals surface area contributed by atoms with Crippen LogP contribution in [0.25, 0.3) is 0 Å². The SMILES string of the molecule is Cc1ccc(F)c(NS(=O)(=O)c2ccc(C(C)(C)C)cc2)c1. The van der Waals surface area contributed by atoms with Gasteiger partial charge in [0.25, 0.3) is 10.0 Å². The lowest BCUT2D eigenvalue weighted by atomic mass is 9.87. The molecular formula is C17H20FNO2S. The zero-order chi connectivity index (χ0) is 16.5. The van der Waals surface area contributed by atoms with Crippen molar-refractivity contribution in [3.63, 3.8) is 0 Å². The van der Waals surface area contributed by atoms with Crippen molar-refractivity contribution in [3.8, 4) is 0 Å². The number of benzene rings is 2. The lowest BCUT2D eigenvalue weighted by Gasteiger charge is -2.19. The van der Waals surface area contributed by atoms with Crippen LogP contribution >= 0.6 is 0 Å². The van der Waals surface area contributed by atoms with E-state index in [9.17, 15) is 12.8 Å². The van der Waals surface area contributed by atoms with E-state index in [1.165, 1.54) is 24.3 Å². The first-order chi connectivity index (χ1) is 10.1. The molecular weight excluding hydrogens is 301 g/mol. The van der Waals surface area contributed by atoms with Gasteiger partial charge >= 0.3 is 0 Å². The van der Waals surface area contributed by atoms with Crippen LogP contribution < -0.4 is 4.72 Å². The monoisotopic (exact) mass is 321 g/mol. The van der Waals surface area contributed by atoms with Crippen molar-refractivity contribution in [1.29, 1.82) is 0 Å². The Bertz CT molecular complexity index is 775. The largest absolute Gasteiger partial charge is 0.277 e. The Morgan fingerprint density at radius 1 is 1.00 bits per heavy atom. The van der Waals surface area contributed by atoms with Gasteiger partial charge in [0, 0.05) is 0 Å². The quantitative estimate of drug-likeness (QED) is 0.919. The average Bonchev–Trinajstić information content (AvgIpc) is 2.42. The molecule has 3 nitrogen and oxygen atoms in total. The maximum atomic E-state index is 13.7. The second-order valence-electron chi connectivity index (χ2n) is 6.36. The van der Waals surface area contributed by atoms with Crippen molar-refractivity contribution in [2.75, 3.05) is 4.72 Å². The van der Waals surface area contributed by atoms with Crippen molar-refractivity contribution in [1.82, 2.24) is 0 Å². The predicted molar refractivity (Wildman–Crippen MR) is 87.1 cm³/mol. The molecule has 0 aromatic heterocycles. The van der Waals surface area contributed by atoms with Gasteiger partial charge in [0.05, 0.1) is 10.6 Å². The van der Waals surface area contributed by atoms with Crippen LogP contribution in [0.1, 0.15) is 31.9 Å². The van der Waals surface area contributed by atoms with Crippen LogP contribution in [-0.4, -0.2) is 8.42 Å². The molecule has 0 amide bonds. The number of hydrogen-bond acceptors (Lipinski definition) is 2. The van der Waals surface area contributed by atoms with Gasteiger partial charge in [-0.25, -0.2) is 12.8 Å². The normalized spacial score (nSPS) is 12.2. The minimum Gasteiger partial charge on any atom is -0.277 e. The van der Waals surface area contributed by atoms with Crippen molar-refractivity contribution < 1.29 is 12.8 Å².